The van der Waals surface area contributed by atoms with E-state index in [4.69, 9.17) is 52.8 Å². The summed E-state index contributed by atoms with van der Waals surface area (Å²) < 4.78 is 19.4. The van der Waals surface area contributed by atoms with Crippen molar-refractivity contribution in [1.82, 2.24) is 54.7 Å². The normalized spacial score (nSPS) is 16.6. The average molecular weight is 940 g/mol. The first-order valence-corrected chi connectivity index (χ1v) is 23.1. The van der Waals surface area contributed by atoms with Crippen LogP contribution in [0.4, 0.5) is 17.8 Å². The van der Waals surface area contributed by atoms with Crippen LogP contribution in [0, 0.1) is 18.3 Å². The van der Waals surface area contributed by atoms with Gasteiger partial charge in [0.1, 0.15) is 24.4 Å². The van der Waals surface area contributed by atoms with Crippen LogP contribution in [0.3, 0.4) is 0 Å². The van der Waals surface area contributed by atoms with Gasteiger partial charge in [-0.2, -0.15) is 15.0 Å². The van der Waals surface area contributed by atoms with Crippen LogP contribution in [0.2, 0.25) is 0 Å². The number of hydrogen-bond acceptors (Lipinski definition) is 20. The number of piperazine rings is 2. The van der Waals surface area contributed by atoms with E-state index in [1.54, 1.807) is 15.8 Å². The van der Waals surface area contributed by atoms with E-state index in [0.717, 1.165) is 19.3 Å². The fraction of sp³-hybridized carbons (Fsp3) is 0.714. The van der Waals surface area contributed by atoms with Crippen LogP contribution in [0.15, 0.2) is 12.4 Å². The molecule has 5 atom stereocenters. The van der Waals surface area contributed by atoms with Crippen molar-refractivity contribution < 1.29 is 38.8 Å². The molecular formula is C42H69N17O8. The Balaban J connectivity index is 1.26. The molecular weight excluding hydrogens is 871 g/mol. The van der Waals surface area contributed by atoms with Crippen LogP contribution in [0.1, 0.15) is 87.9 Å². The smallest absolute Gasteiger partial charge is 0.303 e. The third-order valence-electron chi connectivity index (χ3n) is 11.8. The van der Waals surface area contributed by atoms with E-state index in [-0.39, 0.29) is 55.5 Å². The van der Waals surface area contributed by atoms with Gasteiger partial charge in [-0.3, -0.25) is 14.4 Å². The predicted octanol–water partition coefficient (Wildman–Crippen LogP) is -1.04. The molecule has 5 rings (SSSR count). The zero-order valence-electron chi connectivity index (χ0n) is 38.8. The Morgan fingerprint density at radius 2 is 1.33 bits per heavy atom. The van der Waals surface area contributed by atoms with Gasteiger partial charge in [0.05, 0.1) is 69.8 Å². The molecule has 0 aromatic carbocycles. The fourth-order valence-electron chi connectivity index (χ4n) is 7.52. The molecule has 67 heavy (non-hydrogen) atoms. The molecule has 9 N–H and O–H groups in total. The van der Waals surface area contributed by atoms with Gasteiger partial charge >= 0.3 is 5.97 Å². The van der Waals surface area contributed by atoms with Crippen LogP contribution in [-0.2, 0) is 28.6 Å². The number of aliphatic hydroxyl groups is 1. The second kappa shape index (κ2) is 27.3. The molecule has 3 aromatic rings. The number of carboxylic acid groups (broad SMARTS) is 1. The minimum Gasteiger partial charge on any atom is -0.481 e. The quantitative estimate of drug-likeness (QED) is 0.0358. The number of anilines is 3. The highest BCUT2D eigenvalue weighted by Crippen LogP contribution is 2.26. The van der Waals surface area contributed by atoms with Crippen LogP contribution in [0.5, 0.6) is 0 Å². The first-order chi connectivity index (χ1) is 32.5. The number of nitrogens with zero attached hydrogens (tertiary/aromatic N) is 13. The highest BCUT2D eigenvalue weighted by molar-refractivity contribution is 5.81. The summed E-state index contributed by atoms with van der Waals surface area (Å²) in [7, 11) is 0. The molecule has 0 bridgehead atoms. The number of nitrogens with one attached hydrogen (secondary N) is 1. The molecule has 25 heteroatoms. The largest absolute Gasteiger partial charge is 0.481 e. The number of rotatable bonds is 29. The van der Waals surface area contributed by atoms with Gasteiger partial charge in [-0.25, -0.2) is 9.36 Å². The molecule has 2 aliphatic rings. The molecule has 2 unspecified atom stereocenters. The Labute approximate surface area is 391 Å². The third kappa shape index (κ3) is 15.5. The lowest BCUT2D eigenvalue weighted by Crippen LogP contribution is -2.52. The maximum Gasteiger partial charge on any atom is 0.303 e. The van der Waals surface area contributed by atoms with Gasteiger partial charge in [-0.15, -0.1) is 16.6 Å². The van der Waals surface area contributed by atoms with Crippen LogP contribution in [0.25, 0.3) is 0 Å². The van der Waals surface area contributed by atoms with Crippen molar-refractivity contribution in [2.45, 2.75) is 76.5 Å². The summed E-state index contributed by atoms with van der Waals surface area (Å²) >= 11 is 0. The topological polar surface area (TPSA) is 322 Å². The number of carbonyl (C=O) groups excluding carboxylic acids is 2. The van der Waals surface area contributed by atoms with Gasteiger partial charge in [0.25, 0.3) is 0 Å². The highest BCUT2D eigenvalue weighted by atomic mass is 16.5. The Morgan fingerprint density at radius 3 is 1.87 bits per heavy atom. The molecule has 2 saturated heterocycles. The van der Waals surface area contributed by atoms with Crippen LogP contribution in [-0.4, -0.2) is 194 Å². The molecule has 0 saturated carbocycles. The zero-order chi connectivity index (χ0) is 48.1. The Morgan fingerprint density at radius 1 is 0.791 bits per heavy atom. The minimum atomic E-state index is -1.05. The van der Waals surface area contributed by atoms with Gasteiger partial charge in [-0.1, -0.05) is 36.6 Å². The number of aliphatic carboxylic acids is 1. The van der Waals surface area contributed by atoms with Crippen molar-refractivity contribution in [3.8, 4) is 12.3 Å². The average Bonchev–Trinajstić information content (AvgIpc) is 4.05. The second-order valence-electron chi connectivity index (χ2n) is 16.5. The summed E-state index contributed by atoms with van der Waals surface area (Å²) in [6.45, 7) is 9.91. The van der Waals surface area contributed by atoms with E-state index in [1.807, 2.05) is 14.7 Å². The van der Waals surface area contributed by atoms with E-state index in [9.17, 15) is 24.6 Å². The van der Waals surface area contributed by atoms with Crippen molar-refractivity contribution in [2.75, 3.05) is 127 Å². The fourth-order valence-corrected chi connectivity index (χ4v) is 7.52. The van der Waals surface area contributed by atoms with E-state index in [1.165, 1.54) is 10.9 Å². The van der Waals surface area contributed by atoms with Gasteiger partial charge in [-0.05, 0) is 38.1 Å². The number of carboxylic acids is 1. The monoisotopic (exact) mass is 940 g/mol. The molecule has 0 spiro atoms. The number of ether oxygens (including phenoxy) is 3. The first kappa shape index (κ1) is 52.4. The Kier molecular flexibility index (Phi) is 21.3. The third-order valence-corrected chi connectivity index (χ3v) is 11.8. The number of amides is 2. The van der Waals surface area contributed by atoms with E-state index in [0.29, 0.717) is 128 Å². The lowest BCUT2D eigenvalue weighted by Gasteiger charge is -2.38. The molecule has 2 fully saturated rings. The van der Waals surface area contributed by atoms with Crippen molar-refractivity contribution >= 4 is 35.6 Å². The Bertz CT molecular complexity index is 2020. The standard InChI is InChI=1S/C42H69N17O8/c1-4-21-65-23-25-67-26-24-66-22-12-46-40-47-41(56-17-13-54(14-18-56)38(63)34(8-6-7-11-43)59-28-33(51-53-59)37(45)30(3)5-2)49-42(48-40)57-19-15-55(16-20-57)39(64)35(9-10-36(61)62)58-27-32(50-52-58)31(44)29-60/h1,27-28,30-31,34-35,37,60H,5-26,29,43-45H2,2-3H3,(H,61,62)(H,46,47,48,49)/t30-,31?,34+,35+,37?/m1/s1. The minimum absolute atomic E-state index is 0.0154. The van der Waals surface area contributed by atoms with Crippen molar-refractivity contribution in [3.05, 3.63) is 23.8 Å². The van der Waals surface area contributed by atoms with Gasteiger partial charge in [0, 0.05) is 65.3 Å². The van der Waals surface area contributed by atoms with Crippen LogP contribution < -0.4 is 32.3 Å². The second-order valence-corrected chi connectivity index (χ2v) is 16.5. The van der Waals surface area contributed by atoms with Crippen molar-refractivity contribution in [1.29, 1.82) is 0 Å². The number of unbranched alkanes of at least 4 members (excludes halogenated alkanes) is 1. The number of aliphatic hydroxyl groups excluding tert-OH is 1. The van der Waals surface area contributed by atoms with Gasteiger partial charge < -0.3 is 66.5 Å². The summed E-state index contributed by atoms with van der Waals surface area (Å²) in [5.74, 6) is 2.35. The molecule has 2 aliphatic heterocycles. The number of aromatic nitrogens is 9. The molecule has 3 aromatic heterocycles. The van der Waals surface area contributed by atoms with Crippen LogP contribution >= 0.6 is 0 Å². The maximum atomic E-state index is 14.2. The van der Waals surface area contributed by atoms with E-state index >= 15 is 0 Å². The molecule has 0 radical (unpaired) electrons. The molecule has 370 valence electrons. The van der Waals surface area contributed by atoms with Crippen molar-refractivity contribution in [2.24, 2.45) is 23.1 Å². The maximum absolute atomic E-state index is 14.2. The molecule has 2 amide bonds. The lowest BCUT2D eigenvalue weighted by molar-refractivity contribution is -0.139. The van der Waals surface area contributed by atoms with Gasteiger partial charge in [0.2, 0.25) is 29.7 Å². The summed E-state index contributed by atoms with van der Waals surface area (Å²) in [6, 6.07) is -2.58. The summed E-state index contributed by atoms with van der Waals surface area (Å²) in [6.07, 6.45) is 11.2. The number of nitrogens with two attached hydrogens (primary N) is 3. The van der Waals surface area contributed by atoms with Crippen molar-refractivity contribution in [3.63, 3.8) is 0 Å². The molecule has 0 aliphatic carbocycles. The summed E-state index contributed by atoms with van der Waals surface area (Å²) in [5, 5.41) is 39.0. The van der Waals surface area contributed by atoms with E-state index in [2.05, 4.69) is 45.7 Å². The van der Waals surface area contributed by atoms with E-state index < -0.39 is 24.1 Å². The predicted molar refractivity (Wildman–Crippen MR) is 245 cm³/mol. The number of terminal acetylenes is 1. The summed E-state index contributed by atoms with van der Waals surface area (Å²) in [5.41, 5.74) is 19.1. The number of carbonyl (C=O) groups is 3. The first-order valence-electron chi connectivity index (χ1n) is 23.1. The highest BCUT2D eigenvalue weighted by Gasteiger charge is 2.34. The molecule has 25 nitrogen and oxygen atoms in total. The zero-order valence-corrected chi connectivity index (χ0v) is 38.8. The number of hydrogen-bond donors (Lipinski definition) is 6. The summed E-state index contributed by atoms with van der Waals surface area (Å²) in [4.78, 5) is 61.6. The SMILES string of the molecule is C#CCOCCOCCOCCNc1nc(N2CCN(C(=O)[C@H](CCC(=O)O)n3cc(C(N)CO)nn3)CC2)nc(N2CCN(C(=O)[C@H](CCCCN)n3cc(C(N)[C@H](C)CC)nn3)CC2)n1. The Hall–Kier alpha value is -5.62. The van der Waals surface area contributed by atoms with Gasteiger partial charge in [0.15, 0.2) is 0 Å². The molecule has 5 heterocycles. The lowest BCUT2D eigenvalue weighted by atomic mass is 9.98.